The molecule has 1 aromatic heterocycles. The highest BCUT2D eigenvalue weighted by molar-refractivity contribution is 5.99. The van der Waals surface area contributed by atoms with E-state index in [1.165, 1.54) is 37.3 Å². The van der Waals surface area contributed by atoms with Crippen molar-refractivity contribution in [3.05, 3.63) is 67.8 Å². The first kappa shape index (κ1) is 14.4. The van der Waals surface area contributed by atoms with Crippen molar-refractivity contribution in [2.24, 2.45) is 0 Å². The second-order valence-corrected chi connectivity index (χ2v) is 4.43. The Morgan fingerprint density at radius 2 is 1.95 bits per heavy atom. The molecule has 0 aliphatic heterocycles. The molecule has 0 saturated carbocycles. The Bertz CT molecular complexity index is 760. The van der Waals surface area contributed by atoms with Crippen molar-refractivity contribution in [3.63, 3.8) is 0 Å². The van der Waals surface area contributed by atoms with Crippen LogP contribution in [0.2, 0.25) is 0 Å². The van der Waals surface area contributed by atoms with Gasteiger partial charge in [0.15, 0.2) is 5.78 Å². The Kier molecular flexibility index (Phi) is 3.84. The molecule has 108 valence electrons. The number of Topliss-reactive ketones (excluding diaryl/α,β-unsaturated/α-hetero) is 1. The number of aryl methyl sites for hydroxylation is 1. The number of nitro benzene ring substituents is 1. The average molecular weight is 289 g/mol. The molecule has 7 heteroatoms. The topological polar surface area (TPSA) is 111 Å². The van der Waals surface area contributed by atoms with Crippen LogP contribution in [0.3, 0.4) is 0 Å². The molecule has 0 radical (unpaired) electrons. The number of aromatic hydroxyl groups is 1. The van der Waals surface area contributed by atoms with Gasteiger partial charge in [-0.2, -0.15) is 0 Å². The van der Waals surface area contributed by atoms with Crippen LogP contribution in [0.4, 0.5) is 5.69 Å². The van der Waals surface area contributed by atoms with E-state index in [1.54, 1.807) is 0 Å². The van der Waals surface area contributed by atoms with Gasteiger partial charge in [0.2, 0.25) is 0 Å². The molecular weight excluding hydrogens is 278 g/mol. The summed E-state index contributed by atoms with van der Waals surface area (Å²) in [6.07, 6.45) is -0.167. The van der Waals surface area contributed by atoms with Gasteiger partial charge in [-0.1, -0.05) is 12.1 Å². The lowest BCUT2D eigenvalue weighted by Gasteiger charge is -2.03. The number of nitro groups is 1. The molecule has 0 aliphatic carbocycles. The molecule has 2 rings (SSSR count). The van der Waals surface area contributed by atoms with Crippen LogP contribution in [-0.4, -0.2) is 15.8 Å². The average Bonchev–Trinajstić information content (AvgIpc) is 2.37. The summed E-state index contributed by atoms with van der Waals surface area (Å²) >= 11 is 0. The Morgan fingerprint density at radius 1 is 1.33 bits per heavy atom. The monoisotopic (exact) mass is 289 g/mol. The predicted octanol–water partition coefficient (Wildman–Crippen LogP) is 1.99. The van der Waals surface area contributed by atoms with E-state index in [0.717, 1.165) is 0 Å². The first-order valence-electron chi connectivity index (χ1n) is 5.98. The lowest BCUT2D eigenvalue weighted by molar-refractivity contribution is -0.384. The van der Waals surface area contributed by atoms with Crippen molar-refractivity contribution in [3.8, 4) is 5.75 Å². The fraction of sp³-hybridized carbons (Fsp3) is 0.143. The summed E-state index contributed by atoms with van der Waals surface area (Å²) in [5.74, 6) is -0.852. The smallest absolute Gasteiger partial charge is 0.350 e. The van der Waals surface area contributed by atoms with Crippen molar-refractivity contribution < 1.29 is 19.2 Å². The minimum atomic E-state index is -0.903. The van der Waals surface area contributed by atoms with E-state index in [2.05, 4.69) is 0 Å². The van der Waals surface area contributed by atoms with Gasteiger partial charge < -0.3 is 9.52 Å². The van der Waals surface area contributed by atoms with Gasteiger partial charge in [-0.3, -0.25) is 14.9 Å². The van der Waals surface area contributed by atoms with Crippen LogP contribution < -0.4 is 5.63 Å². The molecule has 0 bridgehead atoms. The zero-order valence-electron chi connectivity index (χ0n) is 11.0. The molecule has 7 nitrogen and oxygen atoms in total. The van der Waals surface area contributed by atoms with Gasteiger partial charge >= 0.3 is 5.63 Å². The molecule has 0 amide bonds. The largest absolute Gasteiger partial charge is 0.507 e. The minimum absolute atomic E-state index is 0.0936. The van der Waals surface area contributed by atoms with Crippen LogP contribution in [0.5, 0.6) is 5.75 Å². The third-order valence-corrected chi connectivity index (χ3v) is 2.84. The number of carbonyl (C=O) groups is 1. The Balaban J connectivity index is 2.26. The summed E-state index contributed by atoms with van der Waals surface area (Å²) < 4.78 is 4.77. The summed E-state index contributed by atoms with van der Waals surface area (Å²) in [4.78, 5) is 33.6. The Hall–Kier alpha value is -2.96. The molecule has 1 N–H and O–H groups in total. The summed E-state index contributed by atoms with van der Waals surface area (Å²) in [5.41, 5.74) is -0.924. The van der Waals surface area contributed by atoms with Crippen LogP contribution in [-0.2, 0) is 6.42 Å². The van der Waals surface area contributed by atoms with Gasteiger partial charge in [0.25, 0.3) is 5.69 Å². The van der Waals surface area contributed by atoms with Crippen LogP contribution in [0.1, 0.15) is 21.7 Å². The number of rotatable bonds is 4. The molecule has 0 unspecified atom stereocenters. The molecule has 0 spiro atoms. The summed E-state index contributed by atoms with van der Waals surface area (Å²) in [5, 5.41) is 20.2. The van der Waals surface area contributed by atoms with Gasteiger partial charge in [0.1, 0.15) is 17.1 Å². The maximum atomic E-state index is 12.0. The standard InChI is InChI=1S/C14H11NO6/c1-8-6-11(16)13(14(18)21-8)12(17)7-9-2-4-10(5-3-9)15(19)20/h2-6,16H,7H2,1H3. The van der Waals surface area contributed by atoms with E-state index in [9.17, 15) is 24.8 Å². The molecule has 1 aromatic carbocycles. The van der Waals surface area contributed by atoms with E-state index in [-0.39, 0.29) is 17.9 Å². The van der Waals surface area contributed by atoms with Crippen LogP contribution in [0.25, 0.3) is 0 Å². The summed E-state index contributed by atoms with van der Waals surface area (Å²) in [7, 11) is 0. The van der Waals surface area contributed by atoms with Crippen LogP contribution in [0, 0.1) is 17.0 Å². The zero-order chi connectivity index (χ0) is 15.6. The summed E-state index contributed by atoms with van der Waals surface area (Å²) in [6, 6.07) is 6.55. The molecule has 21 heavy (non-hydrogen) atoms. The molecule has 0 fully saturated rings. The van der Waals surface area contributed by atoms with E-state index in [1.807, 2.05) is 0 Å². The van der Waals surface area contributed by atoms with Gasteiger partial charge in [-0.15, -0.1) is 0 Å². The van der Waals surface area contributed by atoms with Gasteiger partial charge in [-0.05, 0) is 12.5 Å². The molecule has 0 aliphatic rings. The normalized spacial score (nSPS) is 10.3. The van der Waals surface area contributed by atoms with E-state index in [0.29, 0.717) is 5.56 Å². The third-order valence-electron chi connectivity index (χ3n) is 2.84. The quantitative estimate of drug-likeness (QED) is 0.523. The second-order valence-electron chi connectivity index (χ2n) is 4.43. The molecule has 0 saturated heterocycles. The number of nitrogens with zero attached hydrogens (tertiary/aromatic N) is 1. The van der Waals surface area contributed by atoms with Crippen molar-refractivity contribution in [1.82, 2.24) is 0 Å². The van der Waals surface area contributed by atoms with Crippen LogP contribution in [0.15, 0.2) is 39.5 Å². The third kappa shape index (κ3) is 3.14. The fourth-order valence-corrected chi connectivity index (χ4v) is 1.86. The van der Waals surface area contributed by atoms with Crippen LogP contribution >= 0.6 is 0 Å². The molecule has 2 aromatic rings. The van der Waals surface area contributed by atoms with E-state index < -0.39 is 27.6 Å². The van der Waals surface area contributed by atoms with E-state index in [4.69, 9.17) is 4.42 Å². The van der Waals surface area contributed by atoms with Crippen molar-refractivity contribution in [2.45, 2.75) is 13.3 Å². The number of hydrogen-bond donors (Lipinski definition) is 1. The number of hydrogen-bond acceptors (Lipinski definition) is 6. The predicted molar refractivity (Wildman–Crippen MR) is 72.5 cm³/mol. The number of benzene rings is 1. The Morgan fingerprint density at radius 3 is 2.48 bits per heavy atom. The molecule has 1 heterocycles. The van der Waals surface area contributed by atoms with Gasteiger partial charge in [0, 0.05) is 24.6 Å². The highest BCUT2D eigenvalue weighted by atomic mass is 16.6. The number of ketones is 1. The van der Waals surface area contributed by atoms with E-state index >= 15 is 0 Å². The summed E-state index contributed by atoms with van der Waals surface area (Å²) in [6.45, 7) is 1.48. The number of carbonyl (C=O) groups excluding carboxylic acids is 1. The van der Waals surface area contributed by atoms with Crippen molar-refractivity contribution in [2.75, 3.05) is 0 Å². The first-order valence-corrected chi connectivity index (χ1v) is 5.98. The second kappa shape index (κ2) is 5.58. The Labute approximate surface area is 118 Å². The zero-order valence-corrected chi connectivity index (χ0v) is 11.0. The maximum Gasteiger partial charge on any atom is 0.350 e. The number of non-ortho nitro benzene ring substituents is 1. The lowest BCUT2D eigenvalue weighted by Crippen LogP contribution is -2.16. The lowest BCUT2D eigenvalue weighted by atomic mass is 10.0. The highest BCUT2D eigenvalue weighted by Gasteiger charge is 2.18. The maximum absolute atomic E-state index is 12.0. The molecule has 0 atom stereocenters. The van der Waals surface area contributed by atoms with Crippen molar-refractivity contribution >= 4 is 11.5 Å². The minimum Gasteiger partial charge on any atom is -0.507 e. The SMILES string of the molecule is Cc1cc(O)c(C(=O)Cc2ccc([N+](=O)[O-])cc2)c(=O)o1. The van der Waals surface area contributed by atoms with Gasteiger partial charge in [0.05, 0.1) is 4.92 Å². The highest BCUT2D eigenvalue weighted by Crippen LogP contribution is 2.18. The fourth-order valence-electron chi connectivity index (χ4n) is 1.86. The first-order chi connectivity index (χ1) is 9.88. The molecular formula is C14H11NO6. The van der Waals surface area contributed by atoms with Crippen molar-refractivity contribution in [1.29, 1.82) is 0 Å². The van der Waals surface area contributed by atoms with Gasteiger partial charge in [-0.25, -0.2) is 4.79 Å².